The van der Waals surface area contributed by atoms with Gasteiger partial charge < -0.3 is 15.4 Å². The molecule has 0 aliphatic carbocycles. The maximum absolute atomic E-state index is 13.8. The van der Waals surface area contributed by atoms with Crippen LogP contribution in [0.25, 0.3) is 0 Å². The molecule has 0 aromatic heterocycles. The number of piperidine rings is 1. The predicted octanol–water partition coefficient (Wildman–Crippen LogP) is 3.22. The van der Waals surface area contributed by atoms with Crippen molar-refractivity contribution in [3.05, 3.63) is 29.6 Å². The fraction of sp³-hybridized carbons (Fsp3) is 0.533. The van der Waals surface area contributed by atoms with Crippen molar-refractivity contribution >= 4 is 24.0 Å². The number of methoxy groups -OCH3 is 1. The maximum Gasteiger partial charge on any atom is 0.416 e. The average Bonchev–Trinajstić information content (AvgIpc) is 2.49. The summed E-state index contributed by atoms with van der Waals surface area (Å²) < 4.78 is 57.0. The number of rotatable bonds is 4. The van der Waals surface area contributed by atoms with Crippen LogP contribution in [0.1, 0.15) is 18.4 Å². The highest BCUT2D eigenvalue weighted by atomic mass is 35.5. The number of hydrogen-bond donors (Lipinski definition) is 2. The highest BCUT2D eigenvalue weighted by Crippen LogP contribution is 2.34. The minimum atomic E-state index is -4.61. The van der Waals surface area contributed by atoms with E-state index < -0.39 is 34.6 Å². The zero-order valence-electron chi connectivity index (χ0n) is 13.0. The van der Waals surface area contributed by atoms with Crippen LogP contribution in [-0.2, 0) is 15.7 Å². The van der Waals surface area contributed by atoms with Crippen LogP contribution in [0, 0.1) is 11.2 Å². The molecule has 1 heterocycles. The molecular weight excluding hydrogens is 352 g/mol. The molecule has 9 heteroatoms. The summed E-state index contributed by atoms with van der Waals surface area (Å²) in [4.78, 5) is 12.5. The van der Waals surface area contributed by atoms with Crippen molar-refractivity contribution in [1.82, 2.24) is 5.32 Å². The topological polar surface area (TPSA) is 50.4 Å². The summed E-state index contributed by atoms with van der Waals surface area (Å²) >= 11 is 0. The number of halogens is 5. The van der Waals surface area contributed by atoms with Gasteiger partial charge in [0, 0.05) is 7.11 Å². The third-order valence-electron chi connectivity index (χ3n) is 4.00. The lowest BCUT2D eigenvalue weighted by Crippen LogP contribution is -2.47. The number of alkyl halides is 3. The van der Waals surface area contributed by atoms with E-state index in [1.807, 2.05) is 0 Å². The fourth-order valence-electron chi connectivity index (χ4n) is 2.67. The zero-order valence-corrected chi connectivity index (χ0v) is 13.8. The smallest absolute Gasteiger partial charge is 0.384 e. The molecule has 2 rings (SSSR count). The Kier molecular flexibility index (Phi) is 7.00. The fourth-order valence-corrected chi connectivity index (χ4v) is 2.67. The number of nitrogens with one attached hydrogen (secondary N) is 2. The maximum atomic E-state index is 13.8. The molecule has 0 unspecified atom stereocenters. The summed E-state index contributed by atoms with van der Waals surface area (Å²) in [6.07, 6.45) is -3.67. The summed E-state index contributed by atoms with van der Waals surface area (Å²) in [5, 5.41) is 5.39. The van der Waals surface area contributed by atoms with Gasteiger partial charge in [0.1, 0.15) is 5.82 Å². The first-order chi connectivity index (χ1) is 10.8. The summed E-state index contributed by atoms with van der Waals surface area (Å²) in [5.41, 5.74) is -2.36. The lowest BCUT2D eigenvalue weighted by molar-refractivity contribution is -0.137. The summed E-state index contributed by atoms with van der Waals surface area (Å²) in [6.45, 7) is 1.30. The van der Waals surface area contributed by atoms with E-state index in [4.69, 9.17) is 4.74 Å². The molecule has 1 aliphatic rings. The Bertz CT molecular complexity index is 570. The summed E-state index contributed by atoms with van der Waals surface area (Å²) in [6, 6.07) is 1.94. The van der Waals surface area contributed by atoms with E-state index in [-0.39, 0.29) is 19.0 Å². The van der Waals surface area contributed by atoms with E-state index in [1.165, 1.54) is 7.11 Å². The van der Waals surface area contributed by atoms with Gasteiger partial charge in [0.05, 0.1) is 23.3 Å². The van der Waals surface area contributed by atoms with Crippen LogP contribution in [0.2, 0.25) is 0 Å². The minimum Gasteiger partial charge on any atom is -0.384 e. The second-order valence-corrected chi connectivity index (χ2v) is 5.61. The van der Waals surface area contributed by atoms with Gasteiger partial charge in [-0.3, -0.25) is 4.79 Å². The first-order valence-corrected chi connectivity index (χ1v) is 7.16. The predicted molar refractivity (Wildman–Crippen MR) is 83.7 cm³/mol. The van der Waals surface area contributed by atoms with E-state index in [0.717, 1.165) is 0 Å². The van der Waals surface area contributed by atoms with Crippen LogP contribution in [0.3, 0.4) is 0 Å². The molecule has 1 aromatic carbocycles. The van der Waals surface area contributed by atoms with Crippen molar-refractivity contribution in [2.75, 3.05) is 32.1 Å². The molecule has 24 heavy (non-hydrogen) atoms. The van der Waals surface area contributed by atoms with Crippen LogP contribution in [0.5, 0.6) is 0 Å². The standard InChI is InChI=1S/C15H18F4N2O2.ClH/c1-23-9-14(4-6-20-7-5-14)13(22)21-12-8-10(15(17,18)19)2-3-11(12)16;/h2-3,8,20H,4-7,9H2,1H3,(H,21,22);1H. The molecule has 2 N–H and O–H groups in total. The average molecular weight is 371 g/mol. The molecule has 1 aromatic rings. The Morgan fingerprint density at radius 3 is 2.50 bits per heavy atom. The van der Waals surface area contributed by atoms with E-state index >= 15 is 0 Å². The second kappa shape index (κ2) is 8.13. The third-order valence-corrected chi connectivity index (χ3v) is 4.00. The number of carbonyl (C=O) groups is 1. The Morgan fingerprint density at radius 2 is 1.96 bits per heavy atom. The van der Waals surface area contributed by atoms with E-state index in [0.29, 0.717) is 44.1 Å². The summed E-state index contributed by atoms with van der Waals surface area (Å²) in [5.74, 6) is -1.44. The van der Waals surface area contributed by atoms with Crippen molar-refractivity contribution in [1.29, 1.82) is 0 Å². The molecule has 1 saturated heterocycles. The minimum absolute atomic E-state index is 0. The molecule has 1 amide bonds. The van der Waals surface area contributed by atoms with Crippen molar-refractivity contribution in [3.8, 4) is 0 Å². The molecule has 0 bridgehead atoms. The summed E-state index contributed by atoms with van der Waals surface area (Å²) in [7, 11) is 1.45. The normalized spacial score (nSPS) is 17.0. The quantitative estimate of drug-likeness (QED) is 0.800. The molecule has 1 aliphatic heterocycles. The highest BCUT2D eigenvalue weighted by molar-refractivity contribution is 5.95. The van der Waals surface area contributed by atoms with Gasteiger partial charge >= 0.3 is 6.18 Å². The number of carbonyl (C=O) groups excluding carboxylic acids is 1. The number of amides is 1. The van der Waals surface area contributed by atoms with Gasteiger partial charge in [0.15, 0.2) is 0 Å². The number of ether oxygens (including phenoxy) is 1. The van der Waals surface area contributed by atoms with Crippen LogP contribution >= 0.6 is 12.4 Å². The van der Waals surface area contributed by atoms with Gasteiger partial charge in [-0.2, -0.15) is 13.2 Å². The largest absolute Gasteiger partial charge is 0.416 e. The molecule has 0 atom stereocenters. The first kappa shape index (κ1) is 20.7. The van der Waals surface area contributed by atoms with Crippen LogP contribution < -0.4 is 10.6 Å². The number of hydrogen-bond acceptors (Lipinski definition) is 3. The second-order valence-electron chi connectivity index (χ2n) is 5.61. The monoisotopic (exact) mass is 370 g/mol. The highest BCUT2D eigenvalue weighted by Gasteiger charge is 2.40. The lowest BCUT2D eigenvalue weighted by Gasteiger charge is -2.35. The van der Waals surface area contributed by atoms with Gasteiger partial charge in [0.25, 0.3) is 0 Å². The van der Waals surface area contributed by atoms with Crippen molar-refractivity contribution < 1.29 is 27.1 Å². The van der Waals surface area contributed by atoms with Crippen molar-refractivity contribution in [2.24, 2.45) is 5.41 Å². The van der Waals surface area contributed by atoms with E-state index in [9.17, 15) is 22.4 Å². The Hall–Kier alpha value is -1.38. The van der Waals surface area contributed by atoms with Gasteiger partial charge in [-0.1, -0.05) is 0 Å². The van der Waals surface area contributed by atoms with Gasteiger partial charge in [-0.05, 0) is 44.1 Å². The number of anilines is 1. The Labute approximate surface area is 143 Å². The van der Waals surface area contributed by atoms with Crippen LogP contribution in [0.4, 0.5) is 23.2 Å². The van der Waals surface area contributed by atoms with E-state index in [2.05, 4.69) is 10.6 Å². The van der Waals surface area contributed by atoms with Gasteiger partial charge in [-0.25, -0.2) is 4.39 Å². The number of benzene rings is 1. The molecule has 1 fully saturated rings. The van der Waals surface area contributed by atoms with Gasteiger partial charge in [0.2, 0.25) is 5.91 Å². The molecule has 4 nitrogen and oxygen atoms in total. The van der Waals surface area contributed by atoms with Crippen LogP contribution in [0.15, 0.2) is 18.2 Å². The van der Waals surface area contributed by atoms with Crippen molar-refractivity contribution in [3.63, 3.8) is 0 Å². The SMILES string of the molecule is COCC1(C(=O)Nc2cc(C(F)(F)F)ccc2F)CCNCC1.Cl. The van der Waals surface area contributed by atoms with Crippen molar-refractivity contribution in [2.45, 2.75) is 19.0 Å². The lowest BCUT2D eigenvalue weighted by atomic mass is 9.78. The zero-order chi connectivity index (χ0) is 17.1. The Morgan fingerprint density at radius 1 is 1.33 bits per heavy atom. The molecule has 0 radical (unpaired) electrons. The van der Waals surface area contributed by atoms with Crippen LogP contribution in [-0.4, -0.2) is 32.7 Å². The molecular formula is C15H19ClF4N2O2. The molecule has 0 saturated carbocycles. The first-order valence-electron chi connectivity index (χ1n) is 7.16. The van der Waals surface area contributed by atoms with E-state index in [1.54, 1.807) is 0 Å². The molecule has 0 spiro atoms. The van der Waals surface area contributed by atoms with Gasteiger partial charge in [-0.15, -0.1) is 12.4 Å². The third kappa shape index (κ3) is 4.58. The molecule has 136 valence electrons. The Balaban J connectivity index is 0.00000288.